The molecule has 2 unspecified atom stereocenters. The first-order valence-corrected chi connectivity index (χ1v) is 7.32. The van der Waals surface area contributed by atoms with Crippen molar-refractivity contribution in [2.45, 2.75) is 31.8 Å². The highest BCUT2D eigenvalue weighted by Gasteiger charge is 2.23. The minimum absolute atomic E-state index is 0.403. The molecular weight excluding hydrogens is 278 g/mol. The Balaban J connectivity index is 2.14. The molecule has 0 saturated carbocycles. The summed E-state index contributed by atoms with van der Waals surface area (Å²) in [6, 6.07) is 6.62. The van der Waals surface area contributed by atoms with Crippen LogP contribution in [0.2, 0.25) is 5.02 Å². The van der Waals surface area contributed by atoms with Gasteiger partial charge in [0.1, 0.15) is 4.99 Å². The number of anilines is 1. The molecule has 1 saturated heterocycles. The molecule has 0 aliphatic carbocycles. The fourth-order valence-corrected chi connectivity index (χ4v) is 2.84. The highest BCUT2D eigenvalue weighted by Crippen LogP contribution is 2.25. The van der Waals surface area contributed by atoms with Crippen molar-refractivity contribution in [1.29, 1.82) is 0 Å². The Morgan fingerprint density at radius 3 is 2.89 bits per heavy atom. The summed E-state index contributed by atoms with van der Waals surface area (Å²) in [5.74, 6) is 0. The Labute approximate surface area is 125 Å². The van der Waals surface area contributed by atoms with E-state index in [1.165, 1.54) is 0 Å². The van der Waals surface area contributed by atoms with Crippen molar-refractivity contribution in [2.24, 2.45) is 5.73 Å². The average molecular weight is 298 g/mol. The lowest BCUT2D eigenvalue weighted by Gasteiger charge is -2.36. The SMILES string of the molecule is CC1CC(Nc2cc(Cl)ccc2C(N)=S)CCN1C. The average Bonchev–Trinajstić information content (AvgIpc) is 2.33. The van der Waals surface area contributed by atoms with Crippen LogP contribution in [0.25, 0.3) is 0 Å². The van der Waals surface area contributed by atoms with Gasteiger partial charge >= 0.3 is 0 Å². The number of nitrogens with two attached hydrogens (primary N) is 1. The Hall–Kier alpha value is -0.840. The van der Waals surface area contributed by atoms with E-state index in [4.69, 9.17) is 29.6 Å². The molecule has 1 aromatic rings. The number of benzene rings is 1. The summed E-state index contributed by atoms with van der Waals surface area (Å²) in [5, 5.41) is 4.24. The van der Waals surface area contributed by atoms with Gasteiger partial charge in [-0.2, -0.15) is 0 Å². The van der Waals surface area contributed by atoms with Crippen LogP contribution in [-0.2, 0) is 0 Å². The first kappa shape index (κ1) is 14.6. The van der Waals surface area contributed by atoms with E-state index >= 15 is 0 Å². The molecule has 1 aromatic carbocycles. The van der Waals surface area contributed by atoms with Crippen LogP contribution in [0, 0.1) is 0 Å². The van der Waals surface area contributed by atoms with Gasteiger partial charge in [0.2, 0.25) is 0 Å². The highest BCUT2D eigenvalue weighted by molar-refractivity contribution is 7.80. The molecular formula is C14H20ClN3S. The normalized spacial score (nSPS) is 24.2. The molecule has 1 aliphatic rings. The number of piperidine rings is 1. The van der Waals surface area contributed by atoms with Crippen molar-refractivity contribution in [3.63, 3.8) is 0 Å². The fourth-order valence-electron chi connectivity index (χ4n) is 2.49. The maximum absolute atomic E-state index is 6.06. The van der Waals surface area contributed by atoms with E-state index in [1.54, 1.807) is 0 Å². The summed E-state index contributed by atoms with van der Waals surface area (Å²) in [6.07, 6.45) is 2.23. The molecule has 2 atom stereocenters. The number of nitrogens with one attached hydrogen (secondary N) is 1. The standard InChI is InChI=1S/C14H20ClN3S/c1-9-7-11(5-6-18(9)2)17-13-8-10(15)3-4-12(13)14(16)19/h3-4,8-9,11,17H,5-7H2,1-2H3,(H2,16,19). The number of hydrogen-bond donors (Lipinski definition) is 2. The predicted octanol–water partition coefficient (Wildman–Crippen LogP) is 2.87. The molecule has 0 amide bonds. The van der Waals surface area contributed by atoms with Gasteiger partial charge in [0.25, 0.3) is 0 Å². The van der Waals surface area contributed by atoms with E-state index in [1.807, 2.05) is 18.2 Å². The molecule has 5 heteroatoms. The second-order valence-electron chi connectivity index (χ2n) is 5.25. The van der Waals surface area contributed by atoms with Gasteiger partial charge in [0.15, 0.2) is 0 Å². The first-order chi connectivity index (χ1) is 8.97. The zero-order valence-corrected chi connectivity index (χ0v) is 12.9. The van der Waals surface area contributed by atoms with Gasteiger partial charge < -0.3 is 16.0 Å². The van der Waals surface area contributed by atoms with Crippen molar-refractivity contribution >= 4 is 34.5 Å². The number of rotatable bonds is 3. The third-order valence-electron chi connectivity index (χ3n) is 3.82. The highest BCUT2D eigenvalue weighted by atomic mass is 35.5. The maximum Gasteiger partial charge on any atom is 0.106 e. The van der Waals surface area contributed by atoms with Crippen LogP contribution < -0.4 is 11.1 Å². The van der Waals surface area contributed by atoms with Gasteiger partial charge in [0, 0.05) is 34.9 Å². The lowest BCUT2D eigenvalue weighted by atomic mass is 9.98. The summed E-state index contributed by atoms with van der Waals surface area (Å²) < 4.78 is 0. The fraction of sp³-hybridized carbons (Fsp3) is 0.500. The van der Waals surface area contributed by atoms with E-state index < -0.39 is 0 Å². The van der Waals surface area contributed by atoms with Crippen LogP contribution in [0.1, 0.15) is 25.3 Å². The number of nitrogens with zero attached hydrogens (tertiary/aromatic N) is 1. The number of halogens is 1. The van der Waals surface area contributed by atoms with Crippen molar-refractivity contribution < 1.29 is 0 Å². The van der Waals surface area contributed by atoms with Gasteiger partial charge in [-0.25, -0.2) is 0 Å². The topological polar surface area (TPSA) is 41.3 Å². The summed E-state index contributed by atoms with van der Waals surface area (Å²) in [7, 11) is 2.17. The quantitative estimate of drug-likeness (QED) is 0.842. The van der Waals surface area contributed by atoms with E-state index in [-0.39, 0.29) is 0 Å². The van der Waals surface area contributed by atoms with Crippen molar-refractivity contribution in [1.82, 2.24) is 4.90 Å². The monoisotopic (exact) mass is 297 g/mol. The molecule has 1 aliphatic heterocycles. The molecule has 0 bridgehead atoms. The van der Waals surface area contributed by atoms with Gasteiger partial charge in [-0.1, -0.05) is 23.8 Å². The molecule has 104 valence electrons. The molecule has 1 heterocycles. The zero-order valence-electron chi connectivity index (χ0n) is 11.3. The predicted molar refractivity (Wildman–Crippen MR) is 86.1 cm³/mol. The molecule has 3 N–H and O–H groups in total. The van der Waals surface area contributed by atoms with E-state index in [2.05, 4.69) is 24.2 Å². The largest absolute Gasteiger partial charge is 0.389 e. The summed E-state index contributed by atoms with van der Waals surface area (Å²) >= 11 is 11.1. The van der Waals surface area contributed by atoms with E-state index in [0.717, 1.165) is 30.6 Å². The second-order valence-corrected chi connectivity index (χ2v) is 6.13. The molecule has 3 nitrogen and oxygen atoms in total. The summed E-state index contributed by atoms with van der Waals surface area (Å²) in [4.78, 5) is 2.78. The first-order valence-electron chi connectivity index (χ1n) is 6.53. The summed E-state index contributed by atoms with van der Waals surface area (Å²) in [6.45, 7) is 3.35. The van der Waals surface area contributed by atoms with Crippen LogP contribution in [0.5, 0.6) is 0 Å². The van der Waals surface area contributed by atoms with Gasteiger partial charge in [-0.15, -0.1) is 0 Å². The minimum Gasteiger partial charge on any atom is -0.389 e. The van der Waals surface area contributed by atoms with E-state index in [9.17, 15) is 0 Å². The Morgan fingerprint density at radius 1 is 1.53 bits per heavy atom. The van der Waals surface area contributed by atoms with Gasteiger partial charge in [0.05, 0.1) is 0 Å². The van der Waals surface area contributed by atoms with Crippen LogP contribution in [0.3, 0.4) is 0 Å². The van der Waals surface area contributed by atoms with Crippen molar-refractivity contribution in [3.05, 3.63) is 28.8 Å². The zero-order chi connectivity index (χ0) is 14.0. The molecule has 1 fully saturated rings. The molecule has 2 rings (SSSR count). The minimum atomic E-state index is 0.403. The number of thiocarbonyl (C=S) groups is 1. The van der Waals surface area contributed by atoms with Crippen molar-refractivity contribution in [2.75, 3.05) is 18.9 Å². The third kappa shape index (κ3) is 3.59. The smallest absolute Gasteiger partial charge is 0.106 e. The van der Waals surface area contributed by atoms with Gasteiger partial charge in [-0.3, -0.25) is 0 Å². The second kappa shape index (κ2) is 6.07. The maximum atomic E-state index is 6.06. The molecule has 0 spiro atoms. The molecule has 0 aromatic heterocycles. The van der Waals surface area contributed by atoms with Crippen LogP contribution in [-0.4, -0.2) is 35.6 Å². The van der Waals surface area contributed by atoms with E-state index in [0.29, 0.717) is 22.1 Å². The Kier molecular flexibility index (Phi) is 4.66. The number of likely N-dealkylation sites (tertiary alicyclic amines) is 1. The third-order valence-corrected chi connectivity index (χ3v) is 4.27. The van der Waals surface area contributed by atoms with Crippen LogP contribution in [0.4, 0.5) is 5.69 Å². The molecule has 0 radical (unpaired) electrons. The summed E-state index contributed by atoms with van der Waals surface area (Å²) in [5.41, 5.74) is 7.57. The van der Waals surface area contributed by atoms with Crippen LogP contribution in [0.15, 0.2) is 18.2 Å². The lowest BCUT2D eigenvalue weighted by Crippen LogP contribution is -2.42. The lowest BCUT2D eigenvalue weighted by molar-refractivity contribution is 0.190. The van der Waals surface area contributed by atoms with Crippen LogP contribution >= 0.6 is 23.8 Å². The molecule has 19 heavy (non-hydrogen) atoms. The Morgan fingerprint density at radius 2 is 2.26 bits per heavy atom. The Bertz CT molecular complexity index is 478. The van der Waals surface area contributed by atoms with Crippen molar-refractivity contribution in [3.8, 4) is 0 Å². The van der Waals surface area contributed by atoms with Gasteiger partial charge in [-0.05, 0) is 45.0 Å². The number of hydrogen-bond acceptors (Lipinski definition) is 3.